The zero-order chi connectivity index (χ0) is 14.3. The molecule has 0 bridgehead atoms. The molecule has 1 rings (SSSR count). The van der Waals surface area contributed by atoms with E-state index in [9.17, 15) is 4.79 Å². The maximum atomic E-state index is 11.3. The standard InChI is InChI=1S/C13H16BrNO3S/c1-3-17-11-7-9(14)5-6-10(11)13(19)15-8-12(16)18-4-2/h5-7H,3-4,8H2,1-2H3,(H,15,19). The predicted octanol–water partition coefficient (Wildman–Crippen LogP) is 2.68. The minimum Gasteiger partial charge on any atom is -0.493 e. The molecule has 0 aliphatic carbocycles. The van der Waals surface area contributed by atoms with Crippen LogP contribution in [0, 0.1) is 0 Å². The van der Waals surface area contributed by atoms with Crippen molar-refractivity contribution < 1.29 is 14.3 Å². The summed E-state index contributed by atoms with van der Waals surface area (Å²) in [4.78, 5) is 11.7. The van der Waals surface area contributed by atoms with Crippen LogP contribution in [0.25, 0.3) is 0 Å². The first-order valence-electron chi connectivity index (χ1n) is 5.94. The third-order valence-corrected chi connectivity index (χ3v) is 3.04. The number of carbonyl (C=O) groups is 1. The van der Waals surface area contributed by atoms with Crippen molar-refractivity contribution in [2.24, 2.45) is 0 Å². The third kappa shape index (κ3) is 5.16. The van der Waals surface area contributed by atoms with Gasteiger partial charge in [0.2, 0.25) is 0 Å². The summed E-state index contributed by atoms with van der Waals surface area (Å²) in [6, 6.07) is 5.56. The van der Waals surface area contributed by atoms with Gasteiger partial charge in [-0.2, -0.15) is 0 Å². The Balaban J connectivity index is 2.73. The summed E-state index contributed by atoms with van der Waals surface area (Å²) in [6.45, 7) is 4.62. The molecular formula is C13H16BrNO3S. The lowest BCUT2D eigenvalue weighted by Crippen LogP contribution is -2.30. The number of esters is 1. The van der Waals surface area contributed by atoms with Gasteiger partial charge in [-0.1, -0.05) is 28.1 Å². The SMILES string of the molecule is CCOC(=O)CNC(=S)c1ccc(Br)cc1OCC. The van der Waals surface area contributed by atoms with Gasteiger partial charge in [0.15, 0.2) is 0 Å². The normalized spacial score (nSPS) is 9.84. The first-order valence-corrected chi connectivity index (χ1v) is 7.14. The fourth-order valence-corrected chi connectivity index (χ4v) is 2.00. The zero-order valence-corrected chi connectivity index (χ0v) is 13.3. The van der Waals surface area contributed by atoms with E-state index in [4.69, 9.17) is 21.7 Å². The van der Waals surface area contributed by atoms with Crippen molar-refractivity contribution in [3.05, 3.63) is 28.2 Å². The number of benzene rings is 1. The smallest absolute Gasteiger partial charge is 0.325 e. The van der Waals surface area contributed by atoms with Crippen LogP contribution in [0.1, 0.15) is 19.4 Å². The van der Waals surface area contributed by atoms with Gasteiger partial charge < -0.3 is 14.8 Å². The maximum Gasteiger partial charge on any atom is 0.325 e. The minimum absolute atomic E-state index is 0.0499. The van der Waals surface area contributed by atoms with Crippen LogP contribution in [-0.4, -0.2) is 30.7 Å². The first-order chi connectivity index (χ1) is 9.08. The summed E-state index contributed by atoms with van der Waals surface area (Å²) < 4.78 is 11.3. The second kappa shape index (κ2) is 8.12. The molecule has 0 saturated carbocycles. The van der Waals surface area contributed by atoms with Gasteiger partial charge in [0.25, 0.3) is 0 Å². The Labute approximate surface area is 126 Å². The van der Waals surface area contributed by atoms with Crippen molar-refractivity contribution in [2.75, 3.05) is 19.8 Å². The summed E-state index contributed by atoms with van der Waals surface area (Å²) in [5.41, 5.74) is 0.754. The van der Waals surface area contributed by atoms with Crippen LogP contribution in [0.5, 0.6) is 5.75 Å². The molecule has 0 fully saturated rings. The molecule has 0 saturated heterocycles. The molecule has 1 N–H and O–H groups in total. The highest BCUT2D eigenvalue weighted by Crippen LogP contribution is 2.24. The van der Waals surface area contributed by atoms with Crippen LogP contribution in [-0.2, 0) is 9.53 Å². The number of carbonyl (C=O) groups excluding carboxylic acids is 1. The van der Waals surface area contributed by atoms with Crippen LogP contribution in [0.15, 0.2) is 22.7 Å². The monoisotopic (exact) mass is 345 g/mol. The fourth-order valence-electron chi connectivity index (χ4n) is 1.42. The molecule has 0 radical (unpaired) electrons. The molecule has 0 amide bonds. The van der Waals surface area contributed by atoms with Gasteiger partial charge in [-0.25, -0.2) is 0 Å². The molecule has 0 spiro atoms. The molecule has 0 aromatic heterocycles. The molecule has 104 valence electrons. The zero-order valence-electron chi connectivity index (χ0n) is 10.9. The van der Waals surface area contributed by atoms with E-state index in [2.05, 4.69) is 21.2 Å². The summed E-state index contributed by atoms with van der Waals surface area (Å²) in [5.74, 6) is 0.346. The molecule has 0 aliphatic rings. The molecule has 0 heterocycles. The summed E-state index contributed by atoms with van der Waals surface area (Å²) in [6.07, 6.45) is 0. The Kier molecular flexibility index (Phi) is 6.80. The van der Waals surface area contributed by atoms with E-state index in [-0.39, 0.29) is 12.5 Å². The van der Waals surface area contributed by atoms with Gasteiger partial charge in [0, 0.05) is 4.47 Å². The molecule has 0 aliphatic heterocycles. The summed E-state index contributed by atoms with van der Waals surface area (Å²) >= 11 is 8.63. The van der Waals surface area contributed by atoms with Crippen molar-refractivity contribution in [2.45, 2.75) is 13.8 Å². The molecule has 1 aromatic carbocycles. The molecule has 0 unspecified atom stereocenters. The van der Waals surface area contributed by atoms with Gasteiger partial charge in [0.1, 0.15) is 17.3 Å². The molecule has 0 atom stereocenters. The number of thiocarbonyl (C=S) groups is 1. The predicted molar refractivity (Wildman–Crippen MR) is 81.6 cm³/mol. The van der Waals surface area contributed by atoms with Crippen LogP contribution in [0.2, 0.25) is 0 Å². The van der Waals surface area contributed by atoms with Crippen molar-refractivity contribution in [1.29, 1.82) is 0 Å². The van der Waals surface area contributed by atoms with Gasteiger partial charge in [0.05, 0.1) is 18.8 Å². The van der Waals surface area contributed by atoms with E-state index in [1.165, 1.54) is 0 Å². The molecule has 19 heavy (non-hydrogen) atoms. The molecule has 4 nitrogen and oxygen atoms in total. The van der Waals surface area contributed by atoms with Gasteiger partial charge in [-0.15, -0.1) is 0 Å². The Morgan fingerprint density at radius 3 is 2.74 bits per heavy atom. The number of halogens is 1. The van der Waals surface area contributed by atoms with Crippen molar-refractivity contribution >= 4 is 39.1 Å². The van der Waals surface area contributed by atoms with E-state index in [0.717, 1.165) is 10.0 Å². The fraction of sp³-hybridized carbons (Fsp3) is 0.385. The van der Waals surface area contributed by atoms with E-state index >= 15 is 0 Å². The Hall–Kier alpha value is -1.14. The number of ether oxygens (including phenoxy) is 2. The maximum absolute atomic E-state index is 11.3. The lowest BCUT2D eigenvalue weighted by Gasteiger charge is -2.13. The lowest BCUT2D eigenvalue weighted by molar-refractivity contribution is -0.141. The van der Waals surface area contributed by atoms with E-state index in [1.54, 1.807) is 6.92 Å². The van der Waals surface area contributed by atoms with Crippen molar-refractivity contribution in [1.82, 2.24) is 5.32 Å². The van der Waals surface area contributed by atoms with E-state index in [1.807, 2.05) is 25.1 Å². The Morgan fingerprint density at radius 2 is 2.11 bits per heavy atom. The second-order valence-corrected chi connectivity index (χ2v) is 4.89. The number of rotatable bonds is 6. The summed E-state index contributed by atoms with van der Waals surface area (Å²) in [7, 11) is 0. The highest BCUT2D eigenvalue weighted by atomic mass is 79.9. The van der Waals surface area contributed by atoms with E-state index < -0.39 is 0 Å². The molecule has 6 heteroatoms. The molecular weight excluding hydrogens is 330 g/mol. The Morgan fingerprint density at radius 1 is 1.37 bits per heavy atom. The second-order valence-electron chi connectivity index (χ2n) is 3.56. The average molecular weight is 346 g/mol. The largest absolute Gasteiger partial charge is 0.493 e. The van der Waals surface area contributed by atoms with Crippen molar-refractivity contribution in [3.63, 3.8) is 0 Å². The van der Waals surface area contributed by atoms with Crippen molar-refractivity contribution in [3.8, 4) is 5.75 Å². The van der Waals surface area contributed by atoms with Gasteiger partial charge >= 0.3 is 5.97 Å². The van der Waals surface area contributed by atoms with Crippen LogP contribution in [0.3, 0.4) is 0 Å². The van der Waals surface area contributed by atoms with Gasteiger partial charge in [-0.3, -0.25) is 4.79 Å². The highest BCUT2D eigenvalue weighted by molar-refractivity contribution is 9.10. The van der Waals surface area contributed by atoms with Crippen LogP contribution >= 0.6 is 28.1 Å². The van der Waals surface area contributed by atoms with Gasteiger partial charge in [-0.05, 0) is 32.0 Å². The minimum atomic E-state index is -0.333. The number of nitrogens with one attached hydrogen (secondary N) is 1. The highest BCUT2D eigenvalue weighted by Gasteiger charge is 2.11. The average Bonchev–Trinajstić information content (AvgIpc) is 2.37. The number of hydrogen-bond donors (Lipinski definition) is 1. The first kappa shape index (κ1) is 15.9. The Bertz CT molecular complexity index is 465. The van der Waals surface area contributed by atoms with Crippen LogP contribution < -0.4 is 10.1 Å². The third-order valence-electron chi connectivity index (χ3n) is 2.19. The lowest BCUT2D eigenvalue weighted by atomic mass is 10.2. The number of hydrogen-bond acceptors (Lipinski definition) is 4. The quantitative estimate of drug-likeness (QED) is 0.634. The van der Waals surface area contributed by atoms with E-state index in [0.29, 0.717) is 24.0 Å². The molecule has 1 aromatic rings. The topological polar surface area (TPSA) is 47.6 Å². The van der Waals surface area contributed by atoms with Crippen LogP contribution in [0.4, 0.5) is 0 Å². The summed E-state index contributed by atoms with van der Waals surface area (Å²) in [5, 5.41) is 2.86.